The van der Waals surface area contributed by atoms with Gasteiger partial charge in [-0.15, -0.1) is 24.0 Å². The van der Waals surface area contributed by atoms with Gasteiger partial charge in [-0.2, -0.15) is 0 Å². The Morgan fingerprint density at radius 2 is 1.79 bits per heavy atom. The van der Waals surface area contributed by atoms with Crippen LogP contribution in [0.2, 0.25) is 0 Å². The van der Waals surface area contributed by atoms with Crippen molar-refractivity contribution in [2.24, 2.45) is 4.99 Å². The van der Waals surface area contributed by atoms with Gasteiger partial charge in [0.05, 0.1) is 7.11 Å². The Hall–Kier alpha value is -1.02. The molecule has 1 aromatic carbocycles. The van der Waals surface area contributed by atoms with Crippen LogP contribution < -0.4 is 20.7 Å². The van der Waals surface area contributed by atoms with Crippen molar-refractivity contribution < 1.29 is 4.74 Å². The average molecular weight is 448 g/mol. The number of hydrogen-bond acceptors (Lipinski definition) is 3. The van der Waals surface area contributed by atoms with Crippen LogP contribution in [0.5, 0.6) is 5.75 Å². The van der Waals surface area contributed by atoms with E-state index >= 15 is 0 Å². The highest BCUT2D eigenvalue weighted by atomic mass is 127. The van der Waals surface area contributed by atoms with E-state index in [0.717, 1.165) is 43.3 Å². The predicted molar refractivity (Wildman–Crippen MR) is 114 cm³/mol. The average Bonchev–Trinajstić information content (AvgIpc) is 2.50. The van der Waals surface area contributed by atoms with Gasteiger partial charge in [0.25, 0.3) is 0 Å². The Labute approximate surface area is 164 Å². The van der Waals surface area contributed by atoms with Crippen LogP contribution in [0, 0.1) is 6.92 Å². The van der Waals surface area contributed by atoms with Crippen LogP contribution in [-0.2, 0) is 6.42 Å². The first-order valence-corrected chi connectivity index (χ1v) is 8.19. The zero-order valence-corrected chi connectivity index (χ0v) is 18.2. The molecule has 3 N–H and O–H groups in total. The molecular weight excluding hydrogens is 415 g/mol. The predicted octanol–water partition coefficient (Wildman–Crippen LogP) is 2.72. The maximum Gasteiger partial charge on any atom is 0.191 e. The second kappa shape index (κ2) is 11.5. The van der Waals surface area contributed by atoms with E-state index in [1.807, 2.05) is 0 Å². The number of aliphatic imine (C=N–C) groups is 1. The van der Waals surface area contributed by atoms with E-state index in [1.54, 1.807) is 14.2 Å². The molecule has 138 valence electrons. The summed E-state index contributed by atoms with van der Waals surface area (Å²) < 4.78 is 5.36. The molecular formula is C18H33IN4O. The third kappa shape index (κ3) is 9.32. The standard InChI is InChI=1S/C18H32N4O.HI/c1-14-7-8-15(13-16(14)23-6)9-10-20-17(19-5)21-11-12-22-18(2,3)4;/h7-8,13,22H,9-12H2,1-6H3,(H2,19,20,21);1H. The maximum absolute atomic E-state index is 5.36. The summed E-state index contributed by atoms with van der Waals surface area (Å²) in [6.07, 6.45) is 0.928. The summed E-state index contributed by atoms with van der Waals surface area (Å²) in [5, 5.41) is 10.1. The maximum atomic E-state index is 5.36. The third-order valence-corrected chi connectivity index (χ3v) is 3.47. The summed E-state index contributed by atoms with van der Waals surface area (Å²) in [6, 6.07) is 6.34. The number of rotatable bonds is 7. The molecule has 0 spiro atoms. The minimum Gasteiger partial charge on any atom is -0.496 e. The lowest BCUT2D eigenvalue weighted by molar-refractivity contribution is 0.411. The van der Waals surface area contributed by atoms with Crippen LogP contribution in [0.15, 0.2) is 23.2 Å². The van der Waals surface area contributed by atoms with E-state index in [-0.39, 0.29) is 29.5 Å². The van der Waals surface area contributed by atoms with Crippen molar-refractivity contribution in [3.05, 3.63) is 29.3 Å². The second-order valence-corrected chi connectivity index (χ2v) is 6.66. The van der Waals surface area contributed by atoms with Crippen molar-refractivity contribution in [3.63, 3.8) is 0 Å². The molecule has 0 aliphatic rings. The Kier molecular flexibility index (Phi) is 11.0. The van der Waals surface area contributed by atoms with Crippen molar-refractivity contribution in [1.82, 2.24) is 16.0 Å². The van der Waals surface area contributed by atoms with Crippen LogP contribution in [0.3, 0.4) is 0 Å². The number of aryl methyl sites for hydroxylation is 1. The van der Waals surface area contributed by atoms with E-state index in [2.05, 4.69) is 66.8 Å². The molecule has 0 amide bonds. The molecule has 6 heteroatoms. The van der Waals surface area contributed by atoms with E-state index in [1.165, 1.54) is 5.56 Å². The van der Waals surface area contributed by atoms with Crippen molar-refractivity contribution in [3.8, 4) is 5.75 Å². The number of nitrogens with one attached hydrogen (secondary N) is 3. The number of nitrogens with zero attached hydrogens (tertiary/aromatic N) is 1. The van der Waals surface area contributed by atoms with Gasteiger partial charge in [-0.05, 0) is 51.3 Å². The summed E-state index contributed by atoms with van der Waals surface area (Å²) in [4.78, 5) is 4.24. The lowest BCUT2D eigenvalue weighted by Gasteiger charge is -2.21. The number of benzene rings is 1. The van der Waals surface area contributed by atoms with Gasteiger partial charge in [-0.1, -0.05) is 12.1 Å². The lowest BCUT2D eigenvalue weighted by atomic mass is 10.1. The number of hydrogen-bond donors (Lipinski definition) is 3. The summed E-state index contributed by atoms with van der Waals surface area (Å²) >= 11 is 0. The molecule has 0 saturated carbocycles. The molecule has 0 atom stereocenters. The topological polar surface area (TPSA) is 57.7 Å². The van der Waals surface area contributed by atoms with Crippen LogP contribution in [0.25, 0.3) is 0 Å². The molecule has 0 bridgehead atoms. The number of guanidine groups is 1. The first-order chi connectivity index (χ1) is 10.9. The number of methoxy groups -OCH3 is 1. The zero-order chi connectivity index (χ0) is 17.3. The smallest absolute Gasteiger partial charge is 0.191 e. The monoisotopic (exact) mass is 448 g/mol. The molecule has 24 heavy (non-hydrogen) atoms. The Morgan fingerprint density at radius 1 is 1.12 bits per heavy atom. The fourth-order valence-corrected chi connectivity index (χ4v) is 2.18. The van der Waals surface area contributed by atoms with Gasteiger partial charge in [0, 0.05) is 32.2 Å². The normalized spacial score (nSPS) is 11.7. The summed E-state index contributed by atoms with van der Waals surface area (Å²) in [7, 11) is 3.50. The van der Waals surface area contributed by atoms with Crippen molar-refractivity contribution in [2.75, 3.05) is 33.8 Å². The zero-order valence-electron chi connectivity index (χ0n) is 15.8. The molecule has 0 unspecified atom stereocenters. The van der Waals surface area contributed by atoms with Gasteiger partial charge in [0.1, 0.15) is 5.75 Å². The van der Waals surface area contributed by atoms with Crippen LogP contribution in [0.1, 0.15) is 31.9 Å². The molecule has 5 nitrogen and oxygen atoms in total. The molecule has 0 saturated heterocycles. The summed E-state index contributed by atoms with van der Waals surface area (Å²) in [5.74, 6) is 1.78. The first kappa shape index (κ1) is 23.0. The minimum atomic E-state index is 0. The fourth-order valence-electron chi connectivity index (χ4n) is 2.18. The van der Waals surface area contributed by atoms with Crippen LogP contribution in [-0.4, -0.2) is 45.3 Å². The van der Waals surface area contributed by atoms with E-state index in [9.17, 15) is 0 Å². The molecule has 0 aromatic heterocycles. The van der Waals surface area contributed by atoms with Gasteiger partial charge < -0.3 is 20.7 Å². The van der Waals surface area contributed by atoms with Crippen LogP contribution >= 0.6 is 24.0 Å². The Morgan fingerprint density at radius 3 is 2.38 bits per heavy atom. The molecule has 0 radical (unpaired) electrons. The molecule has 0 aliphatic heterocycles. The van der Waals surface area contributed by atoms with Gasteiger partial charge in [-0.25, -0.2) is 0 Å². The highest BCUT2D eigenvalue weighted by Crippen LogP contribution is 2.18. The fraction of sp³-hybridized carbons (Fsp3) is 0.611. The minimum absolute atomic E-state index is 0. The van der Waals surface area contributed by atoms with Gasteiger partial charge in [0.15, 0.2) is 5.96 Å². The highest BCUT2D eigenvalue weighted by molar-refractivity contribution is 14.0. The second-order valence-electron chi connectivity index (χ2n) is 6.66. The lowest BCUT2D eigenvalue weighted by Crippen LogP contribution is -2.44. The summed E-state index contributed by atoms with van der Waals surface area (Å²) in [6.45, 7) is 11.1. The third-order valence-electron chi connectivity index (χ3n) is 3.47. The quantitative estimate of drug-likeness (QED) is 0.260. The molecule has 1 rings (SSSR count). The SMILES string of the molecule is CN=C(NCCNC(C)(C)C)NCCc1ccc(C)c(OC)c1.I. The molecule has 0 fully saturated rings. The molecule has 1 aromatic rings. The van der Waals surface area contributed by atoms with Crippen molar-refractivity contribution in [2.45, 2.75) is 39.7 Å². The van der Waals surface area contributed by atoms with Gasteiger partial charge in [0.2, 0.25) is 0 Å². The largest absolute Gasteiger partial charge is 0.496 e. The molecule has 0 heterocycles. The van der Waals surface area contributed by atoms with Gasteiger partial charge in [-0.3, -0.25) is 4.99 Å². The van der Waals surface area contributed by atoms with Crippen LogP contribution in [0.4, 0.5) is 0 Å². The number of ether oxygens (including phenoxy) is 1. The Bertz CT molecular complexity index is 512. The van der Waals surface area contributed by atoms with E-state index in [0.29, 0.717) is 0 Å². The van der Waals surface area contributed by atoms with Crippen molar-refractivity contribution in [1.29, 1.82) is 0 Å². The van der Waals surface area contributed by atoms with E-state index in [4.69, 9.17) is 4.74 Å². The molecule has 0 aliphatic carbocycles. The number of halogens is 1. The van der Waals surface area contributed by atoms with Crippen molar-refractivity contribution >= 4 is 29.9 Å². The highest BCUT2D eigenvalue weighted by Gasteiger charge is 2.07. The Balaban J connectivity index is 0.00000529. The first-order valence-electron chi connectivity index (χ1n) is 8.19. The summed E-state index contributed by atoms with van der Waals surface area (Å²) in [5.41, 5.74) is 2.56. The van der Waals surface area contributed by atoms with Gasteiger partial charge >= 0.3 is 0 Å². The van der Waals surface area contributed by atoms with E-state index < -0.39 is 0 Å².